The Balaban J connectivity index is 2.47. The van der Waals surface area contributed by atoms with E-state index in [0.717, 1.165) is 5.56 Å². The third-order valence-electron chi connectivity index (χ3n) is 9.88. The molecule has 2 aliphatic heterocycles. The first-order valence-corrected chi connectivity index (χ1v) is 20.8. The van der Waals surface area contributed by atoms with E-state index in [2.05, 4.69) is 6.58 Å². The molecule has 0 saturated carbocycles. The lowest BCUT2D eigenvalue weighted by Gasteiger charge is -2.51. The smallest absolute Gasteiger partial charge is 0.347 e. The van der Waals surface area contributed by atoms with Gasteiger partial charge in [-0.3, -0.25) is 9.59 Å². The second kappa shape index (κ2) is 18.8. The molecule has 0 aliphatic carbocycles. The summed E-state index contributed by atoms with van der Waals surface area (Å²) in [6, 6.07) is 9.59. The van der Waals surface area contributed by atoms with Crippen LogP contribution in [0.4, 0.5) is 0 Å². The van der Waals surface area contributed by atoms with Crippen LogP contribution in [0.25, 0.3) is 0 Å². The van der Waals surface area contributed by atoms with Crippen molar-refractivity contribution in [3.8, 4) is 0 Å². The zero-order valence-electron chi connectivity index (χ0n) is 39.0. The molecular weight excluding hydrogens is 792 g/mol. The van der Waals surface area contributed by atoms with Crippen molar-refractivity contribution in [1.82, 2.24) is 0 Å². The summed E-state index contributed by atoms with van der Waals surface area (Å²) in [5, 5.41) is 13.3. The Morgan fingerprint density at radius 1 is 0.820 bits per heavy atom. The molecule has 15 nitrogen and oxygen atoms in total. The molecule has 0 spiro atoms. The summed E-state index contributed by atoms with van der Waals surface area (Å²) in [4.78, 5) is 71.1. The van der Waals surface area contributed by atoms with Gasteiger partial charge in [0.05, 0.1) is 0 Å². The number of hydrogen-bond donors (Lipinski definition) is 1. The average molecular weight is 863 g/mol. The first-order valence-electron chi connectivity index (χ1n) is 20.8. The molecule has 2 bridgehead atoms. The van der Waals surface area contributed by atoms with Crippen LogP contribution >= 0.6 is 0 Å². The Labute approximate surface area is 361 Å². The van der Waals surface area contributed by atoms with Crippen molar-refractivity contribution in [3.63, 3.8) is 0 Å². The van der Waals surface area contributed by atoms with Gasteiger partial charge in [0.25, 0.3) is 5.60 Å². The highest BCUT2D eigenvalue weighted by Crippen LogP contribution is 2.59. The minimum Gasteiger partial charge on any atom is -0.458 e. The van der Waals surface area contributed by atoms with E-state index in [1.54, 1.807) is 55.4 Å². The zero-order valence-corrected chi connectivity index (χ0v) is 39.0. The number of ether oxygens (including phenoxy) is 9. The van der Waals surface area contributed by atoms with Crippen LogP contribution in [0.2, 0.25) is 0 Å². The molecule has 0 aromatic heterocycles. The lowest BCUT2D eigenvalue weighted by Crippen LogP contribution is -2.79. The van der Waals surface area contributed by atoms with Gasteiger partial charge in [-0.1, -0.05) is 57.7 Å². The maximum absolute atomic E-state index is 15.2. The molecule has 2 aliphatic rings. The number of rotatable bonds is 17. The van der Waals surface area contributed by atoms with Gasteiger partial charge in [-0.2, -0.15) is 0 Å². The van der Waals surface area contributed by atoms with Gasteiger partial charge in [0, 0.05) is 32.8 Å². The van der Waals surface area contributed by atoms with Gasteiger partial charge < -0.3 is 47.7 Å². The van der Waals surface area contributed by atoms with Crippen molar-refractivity contribution in [2.24, 2.45) is 11.8 Å². The molecule has 1 N–H and O–H groups in total. The number of esters is 5. The molecule has 2 heterocycles. The number of carbonyl (C=O) groups is 5. The summed E-state index contributed by atoms with van der Waals surface area (Å²) < 4.78 is 55.2. The summed E-state index contributed by atoms with van der Waals surface area (Å²) in [7, 11) is 1.35. The van der Waals surface area contributed by atoms with Gasteiger partial charge in [-0.25, -0.2) is 14.4 Å². The second-order valence-corrected chi connectivity index (χ2v) is 20.0. The van der Waals surface area contributed by atoms with Crippen LogP contribution in [-0.2, 0) is 73.0 Å². The highest BCUT2D eigenvalue weighted by Gasteiger charge is 2.87. The standard InChI is InChI=1S/C46H70O15/c1-27(2)25-32(48)55-35-34(56-43(15,16)53-17)44(24-23-28(3)33(54-30(5)47)29(4)26-31-21-19-18-20-22-31)57-36(37(49)58-40(6,7)8)45(52,38(50)59-41(9,10)11)46(35,61-44)39(51)60-42(12,13)14/h18-22,27,29,33-36,52H,3,23-26H2,1-2,4-17H3/t29?,33?,34-,35-,36-,44-,45-,46-/m1/s1. The van der Waals surface area contributed by atoms with Crippen LogP contribution in [0.15, 0.2) is 42.5 Å². The lowest BCUT2D eigenvalue weighted by molar-refractivity contribution is -0.387. The fourth-order valence-electron chi connectivity index (χ4n) is 7.33. The topological polar surface area (TPSA) is 189 Å². The SMILES string of the molecule is C=C(CC[C@@]12O[C@H](C(=O)OC(C)(C)C)[C@@](O)(C(=O)OC(C)(C)C)[C@@](C(=O)OC(C)(C)C)(O1)[C@H](OC(=O)CC(C)C)[C@H]2OC(C)(C)OC)C(OC(C)=O)C(C)Cc1ccccc1. The van der Waals surface area contributed by atoms with E-state index in [-0.39, 0.29) is 31.1 Å². The average Bonchev–Trinajstić information content (AvgIpc) is 3.31. The summed E-state index contributed by atoms with van der Waals surface area (Å²) in [6.45, 7) is 27.9. The fourth-order valence-corrected chi connectivity index (χ4v) is 7.33. The fraction of sp³-hybridized carbons (Fsp3) is 0.717. The Bertz CT molecular complexity index is 1750. The maximum Gasteiger partial charge on any atom is 0.347 e. The largest absolute Gasteiger partial charge is 0.458 e. The molecular formula is C46H70O15. The van der Waals surface area contributed by atoms with E-state index in [9.17, 15) is 24.3 Å². The first kappa shape index (κ1) is 51.5. The van der Waals surface area contributed by atoms with Crippen LogP contribution in [0.5, 0.6) is 0 Å². The molecule has 1 aromatic carbocycles. The van der Waals surface area contributed by atoms with Gasteiger partial charge in [0.2, 0.25) is 17.5 Å². The molecule has 2 unspecified atom stereocenters. The summed E-state index contributed by atoms with van der Waals surface area (Å²) in [5.74, 6) is -10.1. The number of aliphatic hydroxyl groups is 1. The predicted octanol–water partition coefficient (Wildman–Crippen LogP) is 6.48. The third-order valence-corrected chi connectivity index (χ3v) is 9.88. The molecule has 15 heteroatoms. The van der Waals surface area contributed by atoms with Crippen molar-refractivity contribution in [1.29, 1.82) is 0 Å². The number of carbonyl (C=O) groups excluding carboxylic acids is 5. The zero-order chi connectivity index (χ0) is 46.7. The van der Waals surface area contributed by atoms with E-state index >= 15 is 4.79 Å². The number of benzene rings is 1. The summed E-state index contributed by atoms with van der Waals surface area (Å²) in [5.41, 5.74) is -9.12. The Kier molecular flexibility index (Phi) is 15.9. The molecule has 8 atom stereocenters. The summed E-state index contributed by atoms with van der Waals surface area (Å²) >= 11 is 0. The van der Waals surface area contributed by atoms with Crippen LogP contribution in [0.3, 0.4) is 0 Å². The Hall–Kier alpha value is -3.89. The van der Waals surface area contributed by atoms with Gasteiger partial charge in [0.15, 0.2) is 18.0 Å². The van der Waals surface area contributed by atoms with Crippen molar-refractivity contribution >= 4 is 29.8 Å². The molecule has 344 valence electrons. The van der Waals surface area contributed by atoms with E-state index in [1.807, 2.05) is 37.3 Å². The third kappa shape index (κ3) is 12.4. The number of methoxy groups -OCH3 is 1. The van der Waals surface area contributed by atoms with Crippen LogP contribution in [-0.4, -0.2) is 106 Å². The van der Waals surface area contributed by atoms with Crippen molar-refractivity contribution < 1.29 is 71.7 Å². The van der Waals surface area contributed by atoms with Crippen molar-refractivity contribution in [2.75, 3.05) is 7.11 Å². The summed E-state index contributed by atoms with van der Waals surface area (Å²) in [6.07, 6.45) is -7.21. The minimum atomic E-state index is -3.48. The second-order valence-electron chi connectivity index (χ2n) is 20.0. The van der Waals surface area contributed by atoms with E-state index in [4.69, 9.17) is 42.6 Å². The molecule has 3 rings (SSSR count). The maximum atomic E-state index is 15.2. The van der Waals surface area contributed by atoms with Crippen LogP contribution in [0.1, 0.15) is 129 Å². The Morgan fingerprint density at radius 3 is 1.85 bits per heavy atom. The quantitative estimate of drug-likeness (QED) is 0.0775. The monoisotopic (exact) mass is 862 g/mol. The van der Waals surface area contributed by atoms with E-state index in [1.165, 1.54) is 48.7 Å². The van der Waals surface area contributed by atoms with Crippen LogP contribution < -0.4 is 0 Å². The van der Waals surface area contributed by atoms with Gasteiger partial charge in [-0.15, -0.1) is 0 Å². The first-order chi connectivity index (χ1) is 27.7. The van der Waals surface area contributed by atoms with Gasteiger partial charge in [0.1, 0.15) is 22.9 Å². The van der Waals surface area contributed by atoms with Gasteiger partial charge >= 0.3 is 29.8 Å². The highest BCUT2D eigenvalue weighted by atomic mass is 16.8. The predicted molar refractivity (Wildman–Crippen MR) is 222 cm³/mol. The van der Waals surface area contributed by atoms with E-state index < -0.39 is 93.8 Å². The Morgan fingerprint density at radius 2 is 1.36 bits per heavy atom. The van der Waals surface area contributed by atoms with Crippen molar-refractivity contribution in [2.45, 2.75) is 194 Å². The normalized spacial score (nSPS) is 26.5. The molecule has 1 aromatic rings. The molecule has 2 fully saturated rings. The number of hydrogen-bond acceptors (Lipinski definition) is 15. The van der Waals surface area contributed by atoms with Crippen molar-refractivity contribution in [3.05, 3.63) is 48.0 Å². The lowest BCUT2D eigenvalue weighted by atomic mass is 9.74. The van der Waals surface area contributed by atoms with Gasteiger partial charge in [-0.05, 0) is 106 Å². The molecule has 61 heavy (non-hydrogen) atoms. The number of fused-ring (bicyclic) bond motifs is 2. The molecule has 2 saturated heterocycles. The van der Waals surface area contributed by atoms with E-state index in [0.29, 0.717) is 12.0 Å². The van der Waals surface area contributed by atoms with Crippen LogP contribution in [0, 0.1) is 11.8 Å². The highest BCUT2D eigenvalue weighted by molar-refractivity contribution is 6.00. The molecule has 0 amide bonds. The molecule has 0 radical (unpaired) electrons. The minimum absolute atomic E-state index is 0.0900.